The number of hydrogen-bond donors (Lipinski definition) is 11. The fraction of sp³-hybridized carbons (Fsp3) is 0.979. The van der Waals surface area contributed by atoms with E-state index in [0.717, 1.165) is 44.9 Å². The van der Waals surface area contributed by atoms with Crippen LogP contribution in [0.5, 0.6) is 0 Å². The second-order valence-corrected chi connectivity index (χ2v) is 18.6. The Morgan fingerprint density at radius 3 is 1.47 bits per heavy atom. The Morgan fingerprint density at radius 1 is 0.562 bits per heavy atom. The van der Waals surface area contributed by atoms with Crippen LogP contribution in [0.2, 0.25) is 0 Å². The Balaban J connectivity index is 1.93. The Hall–Kier alpha value is -1.09. The van der Waals surface area contributed by atoms with Crippen LogP contribution in [0.25, 0.3) is 0 Å². The van der Waals surface area contributed by atoms with Crippen LogP contribution < -0.4 is 5.32 Å². The quantitative estimate of drug-likeness (QED) is 0.0386. The number of nitrogens with one attached hydrogen (secondary N) is 1. The molecule has 0 aromatic heterocycles. The third kappa shape index (κ3) is 22.8. The van der Waals surface area contributed by atoms with Crippen molar-refractivity contribution in [2.75, 3.05) is 19.8 Å². The van der Waals surface area contributed by atoms with Gasteiger partial charge in [-0.2, -0.15) is 0 Å². The topological polar surface area (TPSA) is 268 Å². The lowest BCUT2D eigenvalue weighted by Gasteiger charge is -2.43. The maximum atomic E-state index is 13.3. The van der Waals surface area contributed by atoms with E-state index in [2.05, 4.69) is 19.2 Å². The molecule has 16 nitrogen and oxygen atoms in total. The van der Waals surface area contributed by atoms with Crippen molar-refractivity contribution in [1.29, 1.82) is 0 Å². The van der Waals surface area contributed by atoms with Gasteiger partial charge in [-0.25, -0.2) is 0 Å². The molecule has 1 amide bonds. The maximum absolute atomic E-state index is 13.3. The monoisotopic (exact) mass is 924 g/mol. The molecule has 0 bridgehead atoms. The summed E-state index contributed by atoms with van der Waals surface area (Å²) in [5.41, 5.74) is 0. The van der Waals surface area contributed by atoms with Gasteiger partial charge in [0.2, 0.25) is 5.91 Å². The second kappa shape index (κ2) is 36.0. The molecule has 2 rings (SSSR count). The molecule has 0 aliphatic carbocycles. The number of carbonyl (C=O) groups excluding carboxylic acids is 1. The first-order valence-electron chi connectivity index (χ1n) is 25.5. The Morgan fingerprint density at radius 2 is 1.02 bits per heavy atom. The molecule has 2 aliphatic heterocycles. The van der Waals surface area contributed by atoms with E-state index in [1.54, 1.807) is 0 Å². The molecular weight excluding hydrogens is 831 g/mol. The third-order valence-corrected chi connectivity index (χ3v) is 13.0. The van der Waals surface area contributed by atoms with Crippen LogP contribution in [-0.4, -0.2) is 163 Å². The molecule has 2 heterocycles. The van der Waals surface area contributed by atoms with E-state index < -0.39 is 111 Å². The normalized spacial score (nSPS) is 27.3. The highest BCUT2D eigenvalue weighted by atomic mass is 16.7. The standard InChI is InChI=1S/C48H93NO15/c1-3-5-7-9-11-13-15-16-17-18-19-20-22-24-26-28-30-36(53)46(60)49-34(39(55)35(52)29-27-25-23-21-14-12-10-8-6-4-2)33-61-47-43(59)45(40(56)38(32-51)62-47)64-48-42(58)41(57)44(63-48)37(54)31-50/h34-45,47-48,50-59H,3-33H2,1-2H3,(H,49,60). The number of hydrogen-bond acceptors (Lipinski definition) is 15. The summed E-state index contributed by atoms with van der Waals surface area (Å²) in [6.07, 6.45) is 10.0. The number of carbonyl (C=O) groups is 1. The lowest BCUT2D eigenvalue weighted by Crippen LogP contribution is -2.62. The zero-order chi connectivity index (χ0) is 47.1. The zero-order valence-corrected chi connectivity index (χ0v) is 39.5. The van der Waals surface area contributed by atoms with E-state index in [-0.39, 0.29) is 12.8 Å². The van der Waals surface area contributed by atoms with Crippen LogP contribution in [-0.2, 0) is 23.7 Å². The minimum absolute atomic E-state index is 0.203. The van der Waals surface area contributed by atoms with Gasteiger partial charge >= 0.3 is 0 Å². The summed E-state index contributed by atoms with van der Waals surface area (Å²) in [6.45, 7) is 2.35. The van der Waals surface area contributed by atoms with Crippen molar-refractivity contribution in [3.63, 3.8) is 0 Å². The summed E-state index contributed by atoms with van der Waals surface area (Å²) in [5.74, 6) is -0.764. The Bertz CT molecular complexity index is 1130. The summed E-state index contributed by atoms with van der Waals surface area (Å²) in [6, 6.07) is -1.28. The Labute approximate surface area is 384 Å². The van der Waals surface area contributed by atoms with Gasteiger partial charge in [0.15, 0.2) is 12.6 Å². The number of amides is 1. The molecule has 2 fully saturated rings. The van der Waals surface area contributed by atoms with E-state index in [9.17, 15) is 55.9 Å². The fourth-order valence-electron chi connectivity index (χ4n) is 8.71. The average Bonchev–Trinajstić information content (AvgIpc) is 3.57. The van der Waals surface area contributed by atoms with Crippen LogP contribution in [0, 0.1) is 0 Å². The molecule has 0 spiro atoms. The molecule has 16 heteroatoms. The predicted molar refractivity (Wildman–Crippen MR) is 243 cm³/mol. The fourth-order valence-corrected chi connectivity index (χ4v) is 8.71. The van der Waals surface area contributed by atoms with Crippen LogP contribution in [0.1, 0.15) is 194 Å². The van der Waals surface area contributed by atoms with Gasteiger partial charge in [0.1, 0.15) is 61.0 Å². The van der Waals surface area contributed by atoms with Crippen LogP contribution in [0.4, 0.5) is 0 Å². The SMILES string of the molecule is CCCCCCCCCCCCCCCCCCC(O)C(=O)NC(COC1OC(CO)C(O)C(OC2OC(C(O)CO)C(O)C2O)C1O)C(O)C(O)CCCCCCCCCCCC. The van der Waals surface area contributed by atoms with Crippen molar-refractivity contribution < 1.29 is 74.8 Å². The molecule has 11 N–H and O–H groups in total. The molecule has 14 atom stereocenters. The van der Waals surface area contributed by atoms with E-state index in [0.29, 0.717) is 12.8 Å². The van der Waals surface area contributed by atoms with Crippen LogP contribution in [0.15, 0.2) is 0 Å². The van der Waals surface area contributed by atoms with Gasteiger partial charge < -0.3 is 75.3 Å². The van der Waals surface area contributed by atoms with Gasteiger partial charge in [0, 0.05) is 0 Å². The molecule has 14 unspecified atom stereocenters. The van der Waals surface area contributed by atoms with Crippen LogP contribution >= 0.6 is 0 Å². The van der Waals surface area contributed by atoms with E-state index in [4.69, 9.17) is 18.9 Å². The summed E-state index contributed by atoms with van der Waals surface area (Å²) in [4.78, 5) is 13.3. The van der Waals surface area contributed by atoms with Crippen molar-refractivity contribution in [2.24, 2.45) is 0 Å². The smallest absolute Gasteiger partial charge is 0.249 e. The minimum Gasteiger partial charge on any atom is -0.394 e. The molecule has 380 valence electrons. The molecule has 64 heavy (non-hydrogen) atoms. The minimum atomic E-state index is -1.82. The number of rotatable bonds is 40. The van der Waals surface area contributed by atoms with Crippen molar-refractivity contribution in [3.05, 3.63) is 0 Å². The number of aliphatic hydroxyl groups is 10. The number of aliphatic hydroxyl groups excluding tert-OH is 10. The van der Waals surface area contributed by atoms with E-state index in [1.807, 2.05) is 0 Å². The first-order valence-corrected chi connectivity index (χ1v) is 25.5. The van der Waals surface area contributed by atoms with Gasteiger partial charge in [-0.15, -0.1) is 0 Å². The molecule has 0 aromatic carbocycles. The first-order chi connectivity index (χ1) is 30.9. The van der Waals surface area contributed by atoms with Crippen LogP contribution in [0.3, 0.4) is 0 Å². The molecule has 0 aromatic rings. The molecular formula is C48H93NO15. The Kier molecular flexibility index (Phi) is 33.2. The molecule has 0 saturated carbocycles. The molecule has 0 radical (unpaired) electrons. The van der Waals surface area contributed by atoms with Gasteiger partial charge in [-0.05, 0) is 12.8 Å². The summed E-state index contributed by atoms with van der Waals surface area (Å²) < 4.78 is 22.5. The lowest BCUT2D eigenvalue weighted by atomic mass is 9.98. The lowest BCUT2D eigenvalue weighted by molar-refractivity contribution is -0.332. The predicted octanol–water partition coefficient (Wildman–Crippen LogP) is 4.16. The summed E-state index contributed by atoms with van der Waals surface area (Å²) in [7, 11) is 0. The highest BCUT2D eigenvalue weighted by molar-refractivity contribution is 5.80. The molecule has 2 saturated heterocycles. The van der Waals surface area contributed by atoms with E-state index >= 15 is 0 Å². The van der Waals surface area contributed by atoms with Crippen molar-refractivity contribution in [2.45, 2.75) is 279 Å². The van der Waals surface area contributed by atoms with E-state index in [1.165, 1.54) is 109 Å². The van der Waals surface area contributed by atoms with Crippen molar-refractivity contribution in [1.82, 2.24) is 5.32 Å². The average molecular weight is 924 g/mol. The van der Waals surface area contributed by atoms with Crippen molar-refractivity contribution in [3.8, 4) is 0 Å². The van der Waals surface area contributed by atoms with Gasteiger partial charge in [-0.1, -0.05) is 181 Å². The molecule has 2 aliphatic rings. The van der Waals surface area contributed by atoms with Gasteiger partial charge in [0.05, 0.1) is 32.0 Å². The summed E-state index contributed by atoms with van der Waals surface area (Å²) >= 11 is 0. The highest BCUT2D eigenvalue weighted by Gasteiger charge is 2.52. The number of ether oxygens (including phenoxy) is 4. The summed E-state index contributed by atoms with van der Waals surface area (Å²) in [5, 5.41) is 108. The first kappa shape index (κ1) is 59.0. The van der Waals surface area contributed by atoms with Crippen molar-refractivity contribution >= 4 is 5.91 Å². The maximum Gasteiger partial charge on any atom is 0.249 e. The van der Waals surface area contributed by atoms with Gasteiger partial charge in [-0.3, -0.25) is 4.79 Å². The number of unbranched alkanes of at least 4 members (excludes halogenated alkanes) is 24. The van der Waals surface area contributed by atoms with Gasteiger partial charge in [0.25, 0.3) is 0 Å². The highest BCUT2D eigenvalue weighted by Crippen LogP contribution is 2.31. The second-order valence-electron chi connectivity index (χ2n) is 18.6. The largest absolute Gasteiger partial charge is 0.394 e. The third-order valence-electron chi connectivity index (χ3n) is 13.0. The zero-order valence-electron chi connectivity index (χ0n) is 39.5.